The van der Waals surface area contributed by atoms with E-state index in [4.69, 9.17) is 31.0 Å². The number of methoxy groups -OCH3 is 2. The first kappa shape index (κ1) is 32.8. The van der Waals surface area contributed by atoms with E-state index in [1.165, 1.54) is 12.8 Å². The smallest absolute Gasteiger partial charge is 0.227 e. The molecule has 1 aromatic heterocycles. The number of nitrogens with zero attached hydrogens (tertiary/aromatic N) is 4. The van der Waals surface area contributed by atoms with E-state index in [0.29, 0.717) is 40.2 Å². The molecule has 2 fully saturated rings. The maximum absolute atomic E-state index is 11.4. The molecule has 1 unspecified atom stereocenters. The molecule has 0 aliphatic carbocycles. The number of carbonyl (C=O) groups is 1. The predicted octanol–water partition coefficient (Wildman–Crippen LogP) is 5.70. The highest BCUT2D eigenvalue weighted by atomic mass is 35.5. The fourth-order valence-corrected chi connectivity index (χ4v) is 5.79. The van der Waals surface area contributed by atoms with Gasteiger partial charge in [0.15, 0.2) is 11.5 Å². The number of aromatic nitrogens is 2. The van der Waals surface area contributed by atoms with Gasteiger partial charge in [-0.05, 0) is 68.5 Å². The number of anilines is 3. The maximum atomic E-state index is 11.4. The largest absolute Gasteiger partial charge is 0.493 e. The topological polar surface area (TPSA) is 91.9 Å². The second-order valence-electron chi connectivity index (χ2n) is 10.4. The molecule has 0 bridgehead atoms. The van der Waals surface area contributed by atoms with Crippen molar-refractivity contribution in [2.24, 2.45) is 5.92 Å². The van der Waals surface area contributed by atoms with Crippen LogP contribution in [0, 0.1) is 5.92 Å². The van der Waals surface area contributed by atoms with Gasteiger partial charge in [-0.1, -0.05) is 11.6 Å². The van der Waals surface area contributed by atoms with Crippen molar-refractivity contribution < 1.29 is 14.3 Å². The molecular formula is C29H39Cl3N6O3. The number of rotatable bonds is 8. The average Bonchev–Trinajstić information content (AvgIpc) is 2.96. The van der Waals surface area contributed by atoms with Crippen molar-refractivity contribution in [1.82, 2.24) is 20.2 Å². The van der Waals surface area contributed by atoms with Crippen LogP contribution >= 0.6 is 36.4 Å². The summed E-state index contributed by atoms with van der Waals surface area (Å²) in [5.74, 6) is 3.24. The zero-order valence-electron chi connectivity index (χ0n) is 23.7. The third-order valence-electron chi connectivity index (χ3n) is 7.75. The molecule has 2 aromatic carbocycles. The van der Waals surface area contributed by atoms with E-state index in [9.17, 15) is 4.79 Å². The van der Waals surface area contributed by atoms with Crippen molar-refractivity contribution in [2.45, 2.75) is 38.6 Å². The molecule has 0 radical (unpaired) electrons. The summed E-state index contributed by atoms with van der Waals surface area (Å²) < 4.78 is 11.1. The van der Waals surface area contributed by atoms with Gasteiger partial charge in [-0.15, -0.1) is 24.8 Å². The summed E-state index contributed by atoms with van der Waals surface area (Å²) in [5.41, 5.74) is 1.67. The number of hydrogen-bond acceptors (Lipinski definition) is 8. The SMILES string of the molecule is COc1cc2nc(N3CCC(N4CCCC(CNC(C)=O)C4)CC3)nc(Nc3ccc(Cl)cc3)c2cc1OC.Cl.Cl. The number of halogens is 3. The number of piperidine rings is 2. The maximum Gasteiger partial charge on any atom is 0.227 e. The number of carbonyl (C=O) groups excluding carboxylic acids is 1. The Bertz CT molecular complexity index is 1310. The first-order valence-electron chi connectivity index (χ1n) is 13.6. The van der Waals surface area contributed by atoms with Crippen molar-refractivity contribution in [1.29, 1.82) is 0 Å². The van der Waals surface area contributed by atoms with Crippen LogP contribution in [0.15, 0.2) is 36.4 Å². The normalized spacial score (nSPS) is 17.8. The third-order valence-corrected chi connectivity index (χ3v) is 8.00. The van der Waals surface area contributed by atoms with E-state index in [2.05, 4.69) is 20.4 Å². The Kier molecular flexibility index (Phi) is 12.0. The molecule has 2 N–H and O–H groups in total. The zero-order chi connectivity index (χ0) is 27.4. The molecule has 1 amide bonds. The lowest BCUT2D eigenvalue weighted by Gasteiger charge is -2.42. The minimum absolute atomic E-state index is 0. The second kappa shape index (κ2) is 15.0. The summed E-state index contributed by atoms with van der Waals surface area (Å²) in [6, 6.07) is 11.9. The van der Waals surface area contributed by atoms with Crippen molar-refractivity contribution in [2.75, 3.05) is 57.2 Å². The summed E-state index contributed by atoms with van der Waals surface area (Å²) in [7, 11) is 3.25. The van der Waals surface area contributed by atoms with E-state index in [-0.39, 0.29) is 30.7 Å². The second-order valence-corrected chi connectivity index (χ2v) is 10.8. The summed E-state index contributed by atoms with van der Waals surface area (Å²) >= 11 is 6.10. The van der Waals surface area contributed by atoms with Crippen LogP contribution in [0.3, 0.4) is 0 Å². The molecule has 2 saturated heterocycles. The minimum atomic E-state index is 0. The molecule has 2 aliphatic rings. The zero-order valence-corrected chi connectivity index (χ0v) is 26.1. The van der Waals surface area contributed by atoms with Gasteiger partial charge in [0.2, 0.25) is 11.9 Å². The van der Waals surface area contributed by atoms with Gasteiger partial charge in [-0.3, -0.25) is 9.69 Å². The van der Waals surface area contributed by atoms with Crippen LogP contribution < -0.4 is 25.0 Å². The Morgan fingerprint density at radius 3 is 2.34 bits per heavy atom. The summed E-state index contributed by atoms with van der Waals surface area (Å²) in [6.45, 7) is 6.31. The Balaban J connectivity index is 0.00000231. The number of likely N-dealkylation sites (tertiary alicyclic amines) is 1. The Labute approximate surface area is 259 Å². The summed E-state index contributed by atoms with van der Waals surface area (Å²) in [4.78, 5) is 26.2. The van der Waals surface area contributed by atoms with E-state index in [0.717, 1.165) is 62.2 Å². The molecule has 3 heterocycles. The number of nitrogens with one attached hydrogen (secondary N) is 2. The quantitative estimate of drug-likeness (QED) is 0.329. The van der Waals surface area contributed by atoms with E-state index >= 15 is 0 Å². The van der Waals surface area contributed by atoms with Crippen LogP contribution in [0.4, 0.5) is 17.5 Å². The molecule has 0 spiro atoms. The molecule has 41 heavy (non-hydrogen) atoms. The van der Waals surface area contributed by atoms with Gasteiger partial charge in [-0.2, -0.15) is 4.98 Å². The number of benzene rings is 2. The summed E-state index contributed by atoms with van der Waals surface area (Å²) in [6.07, 6.45) is 4.47. The van der Waals surface area contributed by atoms with Crippen molar-refractivity contribution in [3.8, 4) is 11.5 Å². The van der Waals surface area contributed by atoms with E-state index in [1.54, 1.807) is 21.1 Å². The summed E-state index contributed by atoms with van der Waals surface area (Å²) in [5, 5.41) is 7.99. The highest BCUT2D eigenvalue weighted by Crippen LogP contribution is 2.36. The number of amides is 1. The highest BCUT2D eigenvalue weighted by Gasteiger charge is 2.30. The van der Waals surface area contributed by atoms with Gasteiger partial charge >= 0.3 is 0 Å². The Morgan fingerprint density at radius 1 is 1.00 bits per heavy atom. The fourth-order valence-electron chi connectivity index (χ4n) is 5.66. The highest BCUT2D eigenvalue weighted by molar-refractivity contribution is 6.30. The van der Waals surface area contributed by atoms with Crippen LogP contribution in [0.25, 0.3) is 10.9 Å². The van der Waals surface area contributed by atoms with Crippen molar-refractivity contribution in [3.63, 3.8) is 0 Å². The molecule has 5 rings (SSSR count). The lowest BCUT2D eigenvalue weighted by Crippen LogP contribution is -2.50. The van der Waals surface area contributed by atoms with Crippen molar-refractivity contribution in [3.05, 3.63) is 41.4 Å². The number of fused-ring (bicyclic) bond motifs is 1. The average molecular weight is 626 g/mol. The van der Waals surface area contributed by atoms with E-state index in [1.807, 2.05) is 36.4 Å². The van der Waals surface area contributed by atoms with Gasteiger partial charge < -0.3 is 25.0 Å². The van der Waals surface area contributed by atoms with Crippen LogP contribution in [0.2, 0.25) is 5.02 Å². The van der Waals surface area contributed by atoms with Crippen LogP contribution in [0.1, 0.15) is 32.6 Å². The first-order valence-corrected chi connectivity index (χ1v) is 14.0. The van der Waals surface area contributed by atoms with E-state index < -0.39 is 0 Å². The van der Waals surface area contributed by atoms with Gasteiger partial charge in [0, 0.05) is 61.3 Å². The molecular weight excluding hydrogens is 587 g/mol. The van der Waals surface area contributed by atoms with Crippen LogP contribution in [-0.2, 0) is 4.79 Å². The molecule has 3 aromatic rings. The first-order chi connectivity index (χ1) is 18.9. The lowest BCUT2D eigenvalue weighted by atomic mass is 9.94. The standard InChI is InChI=1S/C29H37ClN6O3.2ClH/c1-19(37)31-17-20-5-4-12-36(18-20)23-10-13-35(14-11-23)29-33-25-16-27(39-3)26(38-2)15-24(25)28(34-29)32-22-8-6-21(30)7-9-22;;/h6-9,15-16,20,23H,4-5,10-14,17-18H2,1-3H3,(H,31,37)(H,32,33,34);2*1H. The van der Waals surface area contributed by atoms with Crippen LogP contribution in [-0.4, -0.2) is 73.8 Å². The third kappa shape index (κ3) is 7.97. The molecule has 0 saturated carbocycles. The van der Waals surface area contributed by atoms with Gasteiger partial charge in [-0.25, -0.2) is 4.98 Å². The Hall–Kier alpha value is -2.72. The minimum Gasteiger partial charge on any atom is -0.493 e. The lowest BCUT2D eigenvalue weighted by molar-refractivity contribution is -0.119. The van der Waals surface area contributed by atoms with Gasteiger partial charge in [0.1, 0.15) is 5.82 Å². The monoisotopic (exact) mass is 624 g/mol. The molecule has 224 valence electrons. The van der Waals surface area contributed by atoms with Gasteiger partial charge in [0.05, 0.1) is 19.7 Å². The fraction of sp³-hybridized carbons (Fsp3) is 0.483. The predicted molar refractivity (Wildman–Crippen MR) is 170 cm³/mol. The molecule has 1 atom stereocenters. The molecule has 2 aliphatic heterocycles. The number of hydrogen-bond donors (Lipinski definition) is 2. The van der Waals surface area contributed by atoms with Crippen molar-refractivity contribution >= 4 is 70.7 Å². The molecule has 12 heteroatoms. The van der Waals surface area contributed by atoms with Crippen LogP contribution in [0.5, 0.6) is 11.5 Å². The Morgan fingerprint density at radius 2 is 1.68 bits per heavy atom. The van der Waals surface area contributed by atoms with Gasteiger partial charge in [0.25, 0.3) is 0 Å². The number of ether oxygens (including phenoxy) is 2. The molecule has 9 nitrogen and oxygen atoms in total.